The lowest BCUT2D eigenvalue weighted by molar-refractivity contribution is 0.203. The summed E-state index contributed by atoms with van der Waals surface area (Å²) in [6.07, 6.45) is 3.07. The minimum absolute atomic E-state index is 0.301. The van der Waals surface area contributed by atoms with Gasteiger partial charge in [0.1, 0.15) is 22.7 Å². The van der Waals surface area contributed by atoms with Gasteiger partial charge in [-0.25, -0.2) is 19.3 Å². The molecular weight excluding hydrogens is 316 g/mol. The van der Waals surface area contributed by atoms with E-state index in [2.05, 4.69) is 15.3 Å². The summed E-state index contributed by atoms with van der Waals surface area (Å²) in [5, 5.41) is 3.65. The van der Waals surface area contributed by atoms with Crippen LogP contribution >= 0.6 is 11.6 Å². The number of halogens is 1. The molecule has 1 aliphatic carbocycles. The zero-order valence-electron chi connectivity index (χ0n) is 12.1. The Balaban J connectivity index is 1.69. The molecule has 0 radical (unpaired) electrons. The van der Waals surface area contributed by atoms with Gasteiger partial charge in [-0.05, 0) is 25.0 Å². The van der Waals surface area contributed by atoms with E-state index in [4.69, 9.17) is 16.3 Å². The molecule has 2 heterocycles. The third kappa shape index (κ3) is 2.85. The number of nitrogens with zero attached hydrogens (tertiary/aromatic N) is 3. The molecule has 116 valence electrons. The molecule has 7 heteroatoms. The molecule has 0 amide bonds. The number of nitrogens with one attached hydrogen (secondary N) is 1. The summed E-state index contributed by atoms with van der Waals surface area (Å²) >= 11 is 6.08. The molecule has 0 spiro atoms. The third-order valence-corrected chi connectivity index (χ3v) is 3.75. The maximum Gasteiger partial charge on any atom is 0.426 e. The second kappa shape index (κ2) is 5.55. The Bertz CT molecular complexity index is 874. The monoisotopic (exact) mass is 328 g/mol. The summed E-state index contributed by atoms with van der Waals surface area (Å²) in [5.74, 6) is 0.456. The van der Waals surface area contributed by atoms with Gasteiger partial charge in [0.2, 0.25) is 0 Å². The Morgan fingerprint density at radius 3 is 2.83 bits per heavy atom. The van der Waals surface area contributed by atoms with E-state index in [0.717, 1.165) is 18.5 Å². The van der Waals surface area contributed by atoms with Gasteiger partial charge in [0.25, 0.3) is 0 Å². The van der Waals surface area contributed by atoms with Gasteiger partial charge in [0.05, 0.1) is 5.69 Å². The quantitative estimate of drug-likeness (QED) is 0.742. The van der Waals surface area contributed by atoms with Crippen LogP contribution in [0.4, 0.5) is 10.5 Å². The Morgan fingerprint density at radius 1 is 1.30 bits per heavy atom. The van der Waals surface area contributed by atoms with Crippen LogP contribution in [0.15, 0.2) is 42.7 Å². The number of carbonyl (C=O) groups is 1. The van der Waals surface area contributed by atoms with Crippen molar-refractivity contribution in [2.75, 3.05) is 5.32 Å². The molecule has 1 N–H and O–H groups in total. The highest BCUT2D eigenvalue weighted by Gasteiger charge is 2.24. The van der Waals surface area contributed by atoms with E-state index >= 15 is 0 Å². The molecule has 1 fully saturated rings. The van der Waals surface area contributed by atoms with Crippen molar-refractivity contribution in [2.45, 2.75) is 18.9 Å². The second-order valence-electron chi connectivity index (χ2n) is 5.38. The minimum Gasteiger partial charge on any atom is -0.410 e. The fourth-order valence-electron chi connectivity index (χ4n) is 2.29. The number of aromatic nitrogens is 3. The summed E-state index contributed by atoms with van der Waals surface area (Å²) < 4.78 is 6.58. The van der Waals surface area contributed by atoms with Gasteiger partial charge in [0.15, 0.2) is 5.65 Å². The summed E-state index contributed by atoms with van der Waals surface area (Å²) in [6, 6.07) is 11.0. The van der Waals surface area contributed by atoms with E-state index in [-0.39, 0.29) is 0 Å². The number of carbonyl (C=O) groups excluding carboxylic acids is 1. The van der Waals surface area contributed by atoms with Crippen molar-refractivity contribution in [3.63, 3.8) is 0 Å². The van der Waals surface area contributed by atoms with Crippen LogP contribution < -0.4 is 10.1 Å². The lowest BCUT2D eigenvalue weighted by Crippen LogP contribution is -2.16. The van der Waals surface area contributed by atoms with Gasteiger partial charge in [-0.2, -0.15) is 0 Å². The topological polar surface area (TPSA) is 69.0 Å². The molecule has 1 aromatic carbocycles. The van der Waals surface area contributed by atoms with Gasteiger partial charge < -0.3 is 10.1 Å². The molecule has 3 aromatic rings. The van der Waals surface area contributed by atoms with Gasteiger partial charge in [-0.3, -0.25) is 0 Å². The predicted octanol–water partition coefficient (Wildman–Crippen LogP) is 3.71. The van der Waals surface area contributed by atoms with Crippen LogP contribution in [-0.2, 0) is 0 Å². The van der Waals surface area contributed by atoms with E-state index in [9.17, 15) is 4.79 Å². The summed E-state index contributed by atoms with van der Waals surface area (Å²) in [7, 11) is 0. The van der Waals surface area contributed by atoms with E-state index in [1.807, 2.05) is 6.07 Å². The first-order chi connectivity index (χ1) is 11.2. The maximum absolute atomic E-state index is 12.3. The highest BCUT2D eigenvalue weighted by molar-refractivity contribution is 6.30. The van der Waals surface area contributed by atoms with Gasteiger partial charge in [-0.1, -0.05) is 29.8 Å². The number of para-hydroxylation sites is 1. The zero-order chi connectivity index (χ0) is 15.8. The van der Waals surface area contributed by atoms with E-state index in [0.29, 0.717) is 28.1 Å². The lowest BCUT2D eigenvalue weighted by atomic mass is 10.3. The molecule has 0 bridgehead atoms. The average molecular weight is 329 g/mol. The molecule has 0 saturated heterocycles. The molecule has 6 nitrogen and oxygen atoms in total. The first-order valence-electron chi connectivity index (χ1n) is 7.28. The number of anilines is 1. The second-order valence-corrected chi connectivity index (χ2v) is 5.77. The highest BCUT2D eigenvalue weighted by Crippen LogP contribution is 2.30. The molecule has 4 rings (SSSR count). The molecular formula is C16H13ClN4O2. The number of benzene rings is 1. The molecule has 1 aliphatic rings. The van der Waals surface area contributed by atoms with Crippen molar-refractivity contribution >= 4 is 34.5 Å². The molecule has 2 aromatic heterocycles. The first kappa shape index (κ1) is 14.0. The highest BCUT2D eigenvalue weighted by atomic mass is 35.5. The fourth-order valence-corrected chi connectivity index (χ4v) is 2.48. The van der Waals surface area contributed by atoms with E-state index in [1.165, 1.54) is 10.9 Å². The lowest BCUT2D eigenvalue weighted by Gasteiger charge is -2.07. The summed E-state index contributed by atoms with van der Waals surface area (Å²) in [5.41, 5.74) is 1.77. The van der Waals surface area contributed by atoms with Crippen molar-refractivity contribution in [3.8, 4) is 5.75 Å². The smallest absolute Gasteiger partial charge is 0.410 e. The van der Waals surface area contributed by atoms with Crippen LogP contribution in [0.5, 0.6) is 5.75 Å². The number of hydrogen-bond acceptors (Lipinski definition) is 5. The Morgan fingerprint density at radius 2 is 2.09 bits per heavy atom. The van der Waals surface area contributed by atoms with Crippen LogP contribution in [0.1, 0.15) is 12.8 Å². The zero-order valence-corrected chi connectivity index (χ0v) is 12.8. The third-order valence-electron chi connectivity index (χ3n) is 3.56. The average Bonchev–Trinajstić information content (AvgIpc) is 3.24. The van der Waals surface area contributed by atoms with Crippen molar-refractivity contribution in [1.29, 1.82) is 0 Å². The van der Waals surface area contributed by atoms with Crippen molar-refractivity contribution in [1.82, 2.24) is 14.5 Å². The van der Waals surface area contributed by atoms with E-state index in [1.54, 1.807) is 30.3 Å². The normalized spacial score (nSPS) is 14.0. The number of hydrogen-bond donors (Lipinski definition) is 1. The Hall–Kier alpha value is -2.60. The van der Waals surface area contributed by atoms with Gasteiger partial charge in [-0.15, -0.1) is 0 Å². The molecule has 1 saturated carbocycles. The van der Waals surface area contributed by atoms with Gasteiger partial charge in [0, 0.05) is 12.1 Å². The van der Waals surface area contributed by atoms with Crippen LogP contribution in [-0.4, -0.2) is 26.7 Å². The van der Waals surface area contributed by atoms with Crippen molar-refractivity contribution in [3.05, 3.63) is 47.9 Å². The molecule has 0 atom stereocenters. The summed E-state index contributed by atoms with van der Waals surface area (Å²) in [4.78, 5) is 20.8. The van der Waals surface area contributed by atoms with Crippen molar-refractivity contribution < 1.29 is 9.53 Å². The van der Waals surface area contributed by atoms with Crippen LogP contribution in [0.25, 0.3) is 11.2 Å². The SMILES string of the molecule is O=C(Oc1ccccc1)n1cnc2c(NC3CC3)cc(Cl)nc21. The fraction of sp³-hybridized carbons (Fsp3) is 0.188. The summed E-state index contributed by atoms with van der Waals surface area (Å²) in [6.45, 7) is 0. The maximum atomic E-state index is 12.3. The number of pyridine rings is 1. The van der Waals surface area contributed by atoms with Crippen LogP contribution in [0.3, 0.4) is 0 Å². The number of ether oxygens (including phenoxy) is 1. The molecule has 0 aliphatic heterocycles. The van der Waals surface area contributed by atoms with Crippen LogP contribution in [0, 0.1) is 0 Å². The first-order valence-corrected chi connectivity index (χ1v) is 7.66. The van der Waals surface area contributed by atoms with Gasteiger partial charge >= 0.3 is 6.09 Å². The number of rotatable bonds is 3. The number of imidazole rings is 1. The Kier molecular flexibility index (Phi) is 3.38. The standard InChI is InChI=1S/C16H13ClN4O2/c17-13-8-12(19-10-6-7-10)14-15(20-13)21(9-18-14)16(22)23-11-4-2-1-3-5-11/h1-5,8-10H,6-7H2,(H,19,20). The van der Waals surface area contributed by atoms with E-state index < -0.39 is 6.09 Å². The van der Waals surface area contributed by atoms with Crippen molar-refractivity contribution in [2.24, 2.45) is 0 Å². The molecule has 0 unspecified atom stereocenters. The molecule has 23 heavy (non-hydrogen) atoms. The largest absolute Gasteiger partial charge is 0.426 e. The predicted molar refractivity (Wildman–Crippen MR) is 87.0 cm³/mol. The Labute approximate surface area is 137 Å². The number of fused-ring (bicyclic) bond motifs is 1. The van der Waals surface area contributed by atoms with Crippen LogP contribution in [0.2, 0.25) is 5.15 Å². The minimum atomic E-state index is -0.578.